The lowest BCUT2D eigenvalue weighted by Gasteiger charge is -2.29. The lowest BCUT2D eigenvalue weighted by atomic mass is 10.2. The zero-order valence-corrected chi connectivity index (χ0v) is 9.94. The molecule has 1 aromatic rings. The van der Waals surface area contributed by atoms with Crippen LogP contribution in [-0.2, 0) is 4.74 Å². The predicted octanol–water partition coefficient (Wildman–Crippen LogP) is 0.815. The van der Waals surface area contributed by atoms with Gasteiger partial charge in [-0.2, -0.15) is 0 Å². The SMILES string of the molecule is Cc1cnccc1N(C)CC1CNCCO1. The van der Waals surface area contributed by atoms with Crippen LogP contribution in [0.25, 0.3) is 0 Å². The minimum Gasteiger partial charge on any atom is -0.374 e. The molecular formula is C12H19N3O. The molecule has 4 nitrogen and oxygen atoms in total. The summed E-state index contributed by atoms with van der Waals surface area (Å²) in [5, 5.41) is 3.34. The first-order valence-electron chi connectivity index (χ1n) is 5.71. The van der Waals surface area contributed by atoms with Crippen molar-refractivity contribution in [1.29, 1.82) is 0 Å². The second-order valence-corrected chi connectivity index (χ2v) is 4.24. The second kappa shape index (κ2) is 5.27. The summed E-state index contributed by atoms with van der Waals surface area (Å²) >= 11 is 0. The van der Waals surface area contributed by atoms with Gasteiger partial charge in [0.05, 0.1) is 12.7 Å². The molecule has 1 aliphatic rings. The molecule has 4 heteroatoms. The highest BCUT2D eigenvalue weighted by molar-refractivity contribution is 5.50. The maximum atomic E-state index is 5.69. The Morgan fingerprint density at radius 3 is 3.19 bits per heavy atom. The number of aryl methyl sites for hydroxylation is 1. The van der Waals surface area contributed by atoms with Gasteiger partial charge in [0.25, 0.3) is 0 Å². The van der Waals surface area contributed by atoms with Gasteiger partial charge in [0.2, 0.25) is 0 Å². The van der Waals surface area contributed by atoms with Crippen LogP contribution >= 0.6 is 0 Å². The van der Waals surface area contributed by atoms with E-state index in [1.165, 1.54) is 11.3 Å². The fourth-order valence-corrected chi connectivity index (χ4v) is 2.04. The Morgan fingerprint density at radius 2 is 2.50 bits per heavy atom. The molecule has 1 aromatic heterocycles. The Morgan fingerprint density at radius 1 is 1.62 bits per heavy atom. The number of pyridine rings is 1. The van der Waals surface area contributed by atoms with E-state index in [9.17, 15) is 0 Å². The van der Waals surface area contributed by atoms with Crippen LogP contribution in [0.15, 0.2) is 18.5 Å². The number of hydrogen-bond donors (Lipinski definition) is 1. The van der Waals surface area contributed by atoms with Crippen molar-refractivity contribution in [2.75, 3.05) is 38.2 Å². The summed E-state index contributed by atoms with van der Waals surface area (Å²) in [6, 6.07) is 2.05. The molecule has 2 heterocycles. The van der Waals surface area contributed by atoms with Gasteiger partial charge in [-0.3, -0.25) is 4.98 Å². The predicted molar refractivity (Wildman–Crippen MR) is 64.9 cm³/mol. The summed E-state index contributed by atoms with van der Waals surface area (Å²) in [5.41, 5.74) is 2.43. The molecule has 0 bridgehead atoms. The van der Waals surface area contributed by atoms with Crippen molar-refractivity contribution in [2.24, 2.45) is 0 Å². The van der Waals surface area contributed by atoms with E-state index in [1.807, 2.05) is 18.5 Å². The first-order chi connectivity index (χ1) is 7.77. The maximum Gasteiger partial charge on any atom is 0.0874 e. The Labute approximate surface area is 96.6 Å². The Hall–Kier alpha value is -1.13. The van der Waals surface area contributed by atoms with E-state index >= 15 is 0 Å². The number of likely N-dealkylation sites (N-methyl/N-ethyl adjacent to an activating group) is 1. The Bertz CT molecular complexity index is 337. The molecule has 16 heavy (non-hydrogen) atoms. The van der Waals surface area contributed by atoms with Crippen molar-refractivity contribution in [2.45, 2.75) is 13.0 Å². The average molecular weight is 221 g/mol. The molecule has 0 aliphatic carbocycles. The third-order valence-electron chi connectivity index (χ3n) is 2.88. The minimum absolute atomic E-state index is 0.284. The minimum atomic E-state index is 0.284. The van der Waals surface area contributed by atoms with Crippen molar-refractivity contribution < 1.29 is 4.74 Å². The van der Waals surface area contributed by atoms with Crippen molar-refractivity contribution >= 4 is 5.69 Å². The molecule has 0 amide bonds. The summed E-state index contributed by atoms with van der Waals surface area (Å²) in [6.07, 6.45) is 4.01. The van der Waals surface area contributed by atoms with Crippen molar-refractivity contribution in [3.63, 3.8) is 0 Å². The number of aromatic nitrogens is 1. The van der Waals surface area contributed by atoms with E-state index in [0.717, 1.165) is 26.2 Å². The van der Waals surface area contributed by atoms with Crippen LogP contribution in [0, 0.1) is 6.92 Å². The highest BCUT2D eigenvalue weighted by Gasteiger charge is 2.16. The highest BCUT2D eigenvalue weighted by Crippen LogP contribution is 2.17. The highest BCUT2D eigenvalue weighted by atomic mass is 16.5. The van der Waals surface area contributed by atoms with Crippen LogP contribution in [0.3, 0.4) is 0 Å². The lowest BCUT2D eigenvalue weighted by Crippen LogP contribution is -2.44. The number of ether oxygens (including phenoxy) is 1. The van der Waals surface area contributed by atoms with Crippen molar-refractivity contribution in [1.82, 2.24) is 10.3 Å². The summed E-state index contributed by atoms with van der Waals surface area (Å²) in [4.78, 5) is 6.33. The average Bonchev–Trinajstić information content (AvgIpc) is 2.31. The molecule has 88 valence electrons. The fourth-order valence-electron chi connectivity index (χ4n) is 2.04. The van der Waals surface area contributed by atoms with Gasteiger partial charge in [0.15, 0.2) is 0 Å². The normalized spacial score (nSPS) is 20.8. The Balaban J connectivity index is 1.96. The number of anilines is 1. The van der Waals surface area contributed by atoms with E-state index in [4.69, 9.17) is 4.74 Å². The number of rotatable bonds is 3. The molecule has 1 saturated heterocycles. The molecule has 0 spiro atoms. The van der Waals surface area contributed by atoms with Gasteiger partial charge in [-0.25, -0.2) is 0 Å². The number of nitrogens with zero attached hydrogens (tertiary/aromatic N) is 2. The molecule has 1 aliphatic heterocycles. The number of nitrogens with one attached hydrogen (secondary N) is 1. The van der Waals surface area contributed by atoms with Crippen molar-refractivity contribution in [3.05, 3.63) is 24.0 Å². The fraction of sp³-hybridized carbons (Fsp3) is 0.583. The van der Waals surface area contributed by atoms with E-state index in [-0.39, 0.29) is 6.10 Å². The summed E-state index contributed by atoms with van der Waals surface area (Å²) in [5.74, 6) is 0. The quantitative estimate of drug-likeness (QED) is 0.820. The van der Waals surface area contributed by atoms with Crippen LogP contribution < -0.4 is 10.2 Å². The molecule has 0 radical (unpaired) electrons. The van der Waals surface area contributed by atoms with Crippen molar-refractivity contribution in [3.8, 4) is 0 Å². The number of morpholine rings is 1. The zero-order chi connectivity index (χ0) is 11.4. The summed E-state index contributed by atoms with van der Waals surface area (Å²) in [6.45, 7) is 5.72. The van der Waals surface area contributed by atoms with Gasteiger partial charge >= 0.3 is 0 Å². The number of hydrogen-bond acceptors (Lipinski definition) is 4. The van der Waals surface area contributed by atoms with Crippen LogP contribution in [-0.4, -0.2) is 44.4 Å². The van der Waals surface area contributed by atoms with Gasteiger partial charge in [-0.1, -0.05) is 0 Å². The van der Waals surface area contributed by atoms with Gasteiger partial charge in [0.1, 0.15) is 0 Å². The molecule has 1 atom stereocenters. The monoisotopic (exact) mass is 221 g/mol. The second-order valence-electron chi connectivity index (χ2n) is 4.24. The van der Waals surface area contributed by atoms with Crippen LogP contribution in [0.1, 0.15) is 5.56 Å². The van der Waals surface area contributed by atoms with E-state index < -0.39 is 0 Å². The molecule has 0 aromatic carbocycles. The van der Waals surface area contributed by atoms with Gasteiger partial charge in [-0.05, 0) is 18.6 Å². The first-order valence-corrected chi connectivity index (χ1v) is 5.71. The standard InChI is InChI=1S/C12H19N3O/c1-10-7-13-4-3-12(10)15(2)9-11-8-14-5-6-16-11/h3-4,7,11,14H,5-6,8-9H2,1-2H3. The molecule has 1 N–H and O–H groups in total. The zero-order valence-electron chi connectivity index (χ0n) is 9.94. The van der Waals surface area contributed by atoms with Crippen LogP contribution in [0.2, 0.25) is 0 Å². The largest absolute Gasteiger partial charge is 0.374 e. The summed E-state index contributed by atoms with van der Waals surface area (Å²) in [7, 11) is 2.10. The van der Waals surface area contributed by atoms with E-state index in [2.05, 4.69) is 29.2 Å². The van der Waals surface area contributed by atoms with E-state index in [1.54, 1.807) is 0 Å². The first kappa shape index (κ1) is 11.4. The lowest BCUT2D eigenvalue weighted by molar-refractivity contribution is 0.0340. The maximum absolute atomic E-state index is 5.69. The summed E-state index contributed by atoms with van der Waals surface area (Å²) < 4.78 is 5.69. The van der Waals surface area contributed by atoms with Gasteiger partial charge < -0.3 is 15.0 Å². The molecule has 1 unspecified atom stereocenters. The molecule has 1 fully saturated rings. The third-order valence-corrected chi connectivity index (χ3v) is 2.88. The van der Waals surface area contributed by atoms with Gasteiger partial charge in [-0.15, -0.1) is 0 Å². The van der Waals surface area contributed by atoms with Gasteiger partial charge in [0, 0.05) is 44.8 Å². The Kier molecular flexibility index (Phi) is 3.74. The third kappa shape index (κ3) is 2.71. The van der Waals surface area contributed by atoms with Crippen LogP contribution in [0.5, 0.6) is 0 Å². The van der Waals surface area contributed by atoms with Crippen LogP contribution in [0.4, 0.5) is 5.69 Å². The smallest absolute Gasteiger partial charge is 0.0874 e. The molecule has 0 saturated carbocycles. The van der Waals surface area contributed by atoms with E-state index in [0.29, 0.717) is 0 Å². The molecular weight excluding hydrogens is 202 g/mol. The molecule has 2 rings (SSSR count). The topological polar surface area (TPSA) is 37.4 Å².